The molecule has 0 radical (unpaired) electrons. The van der Waals surface area contributed by atoms with Crippen molar-refractivity contribution in [2.24, 2.45) is 0 Å². The molecule has 0 bridgehead atoms. The number of para-hydroxylation sites is 1. The largest absolute Gasteiger partial charge is 0.493 e. The summed E-state index contributed by atoms with van der Waals surface area (Å²) in [4.78, 5) is 17.5. The maximum Gasteiger partial charge on any atom is 0.261 e. The number of rotatable bonds is 7. The van der Waals surface area contributed by atoms with E-state index in [4.69, 9.17) is 17.0 Å². The van der Waals surface area contributed by atoms with Gasteiger partial charge in [-0.3, -0.25) is 15.0 Å². The summed E-state index contributed by atoms with van der Waals surface area (Å²) in [6.45, 7) is 5.81. The number of piperazine rings is 1. The first-order valence-electron chi connectivity index (χ1n) is 11.8. The molecule has 34 heavy (non-hydrogen) atoms. The van der Waals surface area contributed by atoms with E-state index in [0.717, 1.165) is 32.6 Å². The van der Waals surface area contributed by atoms with Crippen molar-refractivity contribution in [2.75, 3.05) is 32.8 Å². The summed E-state index contributed by atoms with van der Waals surface area (Å²) < 4.78 is 5.73. The van der Waals surface area contributed by atoms with Crippen molar-refractivity contribution in [3.05, 3.63) is 102 Å². The Kier molecular flexibility index (Phi) is 8.28. The van der Waals surface area contributed by atoms with Gasteiger partial charge < -0.3 is 9.64 Å². The van der Waals surface area contributed by atoms with E-state index in [9.17, 15) is 4.79 Å². The smallest absolute Gasteiger partial charge is 0.261 e. The van der Waals surface area contributed by atoms with Gasteiger partial charge in [0.15, 0.2) is 5.11 Å². The van der Waals surface area contributed by atoms with Gasteiger partial charge in [0, 0.05) is 26.2 Å². The predicted molar refractivity (Wildman–Crippen MR) is 140 cm³/mol. The normalized spacial score (nSPS) is 14.1. The number of thiocarbonyl (C=S) groups is 1. The molecule has 0 aliphatic carbocycles. The Bertz CT molecular complexity index is 1040. The third kappa shape index (κ3) is 5.82. The molecular formula is C28H31N3O2S. The van der Waals surface area contributed by atoms with Gasteiger partial charge in [0.2, 0.25) is 0 Å². The summed E-state index contributed by atoms with van der Waals surface area (Å²) >= 11 is 5.61. The summed E-state index contributed by atoms with van der Waals surface area (Å²) in [6.07, 6.45) is 0.881. The van der Waals surface area contributed by atoms with Crippen LogP contribution in [0, 0.1) is 0 Å². The van der Waals surface area contributed by atoms with E-state index in [1.165, 1.54) is 11.1 Å². The Labute approximate surface area is 207 Å². The van der Waals surface area contributed by atoms with E-state index in [0.29, 0.717) is 23.0 Å². The molecule has 1 N–H and O–H groups in total. The van der Waals surface area contributed by atoms with Crippen molar-refractivity contribution in [1.29, 1.82) is 0 Å². The van der Waals surface area contributed by atoms with Crippen molar-refractivity contribution >= 4 is 23.2 Å². The SMILES string of the molecule is CCCOc1ccccc1C(=O)NC(=S)N1CCN(C(c2ccccc2)c2ccccc2)CC1. The van der Waals surface area contributed by atoms with Gasteiger partial charge in [-0.2, -0.15) is 0 Å². The Balaban J connectivity index is 1.40. The van der Waals surface area contributed by atoms with Crippen LogP contribution in [0.2, 0.25) is 0 Å². The molecular weight excluding hydrogens is 442 g/mol. The van der Waals surface area contributed by atoms with Crippen LogP contribution >= 0.6 is 12.2 Å². The van der Waals surface area contributed by atoms with Gasteiger partial charge in [-0.15, -0.1) is 0 Å². The fourth-order valence-electron chi connectivity index (χ4n) is 4.30. The molecule has 1 aliphatic rings. The van der Waals surface area contributed by atoms with E-state index < -0.39 is 0 Å². The van der Waals surface area contributed by atoms with Crippen molar-refractivity contribution in [2.45, 2.75) is 19.4 Å². The van der Waals surface area contributed by atoms with Crippen molar-refractivity contribution in [3.8, 4) is 5.75 Å². The topological polar surface area (TPSA) is 44.8 Å². The minimum absolute atomic E-state index is 0.190. The predicted octanol–water partition coefficient (Wildman–Crippen LogP) is 4.90. The van der Waals surface area contributed by atoms with Crippen LogP contribution in [0.25, 0.3) is 0 Å². The lowest BCUT2D eigenvalue weighted by atomic mass is 9.96. The minimum atomic E-state index is -0.231. The van der Waals surface area contributed by atoms with Crippen LogP contribution in [-0.2, 0) is 0 Å². The number of hydrogen-bond acceptors (Lipinski definition) is 4. The van der Waals surface area contributed by atoms with Gasteiger partial charge in [0.1, 0.15) is 5.75 Å². The second-order valence-electron chi connectivity index (χ2n) is 8.35. The molecule has 1 aliphatic heterocycles. The fourth-order valence-corrected chi connectivity index (χ4v) is 4.58. The van der Waals surface area contributed by atoms with Gasteiger partial charge >= 0.3 is 0 Å². The number of benzene rings is 3. The molecule has 1 heterocycles. The summed E-state index contributed by atoms with van der Waals surface area (Å²) in [7, 11) is 0. The van der Waals surface area contributed by atoms with E-state index >= 15 is 0 Å². The maximum absolute atomic E-state index is 12.9. The number of nitrogens with one attached hydrogen (secondary N) is 1. The Morgan fingerprint density at radius 1 is 0.882 bits per heavy atom. The number of ether oxygens (including phenoxy) is 1. The molecule has 5 nitrogen and oxygen atoms in total. The second-order valence-corrected chi connectivity index (χ2v) is 8.74. The summed E-state index contributed by atoms with van der Waals surface area (Å²) in [6, 6.07) is 28.7. The molecule has 1 fully saturated rings. The first kappa shape index (κ1) is 23.9. The lowest BCUT2D eigenvalue weighted by Crippen LogP contribution is -2.53. The van der Waals surface area contributed by atoms with Gasteiger partial charge in [0.05, 0.1) is 18.2 Å². The maximum atomic E-state index is 12.9. The highest BCUT2D eigenvalue weighted by Crippen LogP contribution is 2.29. The quantitative estimate of drug-likeness (QED) is 0.495. The highest BCUT2D eigenvalue weighted by molar-refractivity contribution is 7.80. The van der Waals surface area contributed by atoms with Crippen molar-refractivity contribution in [3.63, 3.8) is 0 Å². The van der Waals surface area contributed by atoms with Crippen molar-refractivity contribution < 1.29 is 9.53 Å². The van der Waals surface area contributed by atoms with Gasteiger partial charge in [-0.25, -0.2) is 0 Å². The average molecular weight is 474 g/mol. The number of carbonyl (C=O) groups is 1. The first-order valence-corrected chi connectivity index (χ1v) is 12.2. The Hall–Kier alpha value is -3.22. The third-order valence-electron chi connectivity index (χ3n) is 6.01. The van der Waals surface area contributed by atoms with E-state index in [-0.39, 0.29) is 11.9 Å². The average Bonchev–Trinajstić information content (AvgIpc) is 2.89. The summed E-state index contributed by atoms with van der Waals surface area (Å²) in [5.74, 6) is 0.355. The number of nitrogens with zero attached hydrogens (tertiary/aromatic N) is 2. The van der Waals surface area contributed by atoms with Crippen LogP contribution in [-0.4, -0.2) is 53.6 Å². The Morgan fingerprint density at radius 2 is 1.44 bits per heavy atom. The molecule has 3 aromatic rings. The zero-order valence-corrected chi connectivity index (χ0v) is 20.3. The molecule has 1 amide bonds. The van der Waals surface area contributed by atoms with E-state index in [1.807, 2.05) is 25.1 Å². The van der Waals surface area contributed by atoms with Crippen LogP contribution in [0.4, 0.5) is 0 Å². The molecule has 176 valence electrons. The van der Waals surface area contributed by atoms with Crippen LogP contribution in [0.3, 0.4) is 0 Å². The standard InChI is InChI=1S/C28H31N3O2S/c1-2-21-33-25-16-10-9-15-24(25)27(32)29-28(34)31-19-17-30(18-20-31)26(22-11-5-3-6-12-22)23-13-7-4-8-14-23/h3-16,26H,2,17-21H2,1H3,(H,29,32,34). The monoisotopic (exact) mass is 473 g/mol. The third-order valence-corrected chi connectivity index (χ3v) is 6.37. The van der Waals surface area contributed by atoms with Gasteiger partial charge in [-0.05, 0) is 41.9 Å². The van der Waals surface area contributed by atoms with Crippen molar-refractivity contribution in [1.82, 2.24) is 15.1 Å². The zero-order valence-electron chi connectivity index (χ0n) is 19.5. The molecule has 0 saturated carbocycles. The van der Waals surface area contributed by atoms with E-state index in [2.05, 4.69) is 75.8 Å². The lowest BCUT2D eigenvalue weighted by molar-refractivity contribution is 0.0963. The van der Waals surface area contributed by atoms with Crippen LogP contribution in [0.15, 0.2) is 84.9 Å². The molecule has 0 unspecified atom stereocenters. The molecule has 0 spiro atoms. The molecule has 4 rings (SSSR count). The molecule has 1 saturated heterocycles. The fraction of sp³-hybridized carbons (Fsp3) is 0.286. The highest BCUT2D eigenvalue weighted by Gasteiger charge is 2.27. The summed E-state index contributed by atoms with van der Waals surface area (Å²) in [5, 5.41) is 3.37. The molecule has 0 atom stereocenters. The zero-order chi connectivity index (χ0) is 23.8. The molecule has 0 aromatic heterocycles. The second kappa shape index (κ2) is 11.8. The van der Waals surface area contributed by atoms with Crippen LogP contribution in [0.5, 0.6) is 5.75 Å². The van der Waals surface area contributed by atoms with Crippen LogP contribution < -0.4 is 10.1 Å². The molecule has 3 aromatic carbocycles. The molecule has 6 heteroatoms. The van der Waals surface area contributed by atoms with Gasteiger partial charge in [0.25, 0.3) is 5.91 Å². The summed E-state index contributed by atoms with van der Waals surface area (Å²) in [5.41, 5.74) is 3.06. The highest BCUT2D eigenvalue weighted by atomic mass is 32.1. The minimum Gasteiger partial charge on any atom is -0.493 e. The first-order chi connectivity index (χ1) is 16.7. The van der Waals surface area contributed by atoms with E-state index in [1.54, 1.807) is 6.07 Å². The van der Waals surface area contributed by atoms with Gasteiger partial charge in [-0.1, -0.05) is 79.7 Å². The lowest BCUT2D eigenvalue weighted by Gasteiger charge is -2.40. The Morgan fingerprint density at radius 3 is 2.03 bits per heavy atom. The number of amides is 1. The number of carbonyl (C=O) groups excluding carboxylic acids is 1. The van der Waals surface area contributed by atoms with Crippen LogP contribution in [0.1, 0.15) is 40.9 Å². The number of hydrogen-bond donors (Lipinski definition) is 1.